The molecule has 5 nitrogen and oxygen atoms in total. The van der Waals surface area contributed by atoms with Gasteiger partial charge in [-0.25, -0.2) is 4.68 Å². The van der Waals surface area contributed by atoms with Crippen LogP contribution < -0.4 is 10.5 Å². The van der Waals surface area contributed by atoms with E-state index in [0.717, 1.165) is 11.9 Å². The molecular formula is C16H13ClF2N4OS. The highest BCUT2D eigenvalue weighted by Gasteiger charge is 2.16. The molecule has 3 N–H and O–H groups in total. The highest BCUT2D eigenvalue weighted by atomic mass is 35.5. The molecule has 0 unspecified atom stereocenters. The maximum Gasteiger partial charge on any atom is 0.333 e. The Labute approximate surface area is 151 Å². The lowest BCUT2D eigenvalue weighted by atomic mass is 10.1. The minimum absolute atomic E-state index is 0.0664. The number of anilines is 1. The smallest absolute Gasteiger partial charge is 0.326 e. The topological polar surface area (TPSA) is 72.9 Å². The van der Waals surface area contributed by atoms with Gasteiger partial charge >= 0.3 is 6.55 Å². The molecule has 130 valence electrons. The Hall–Kier alpha value is -2.16. The molecule has 0 atom stereocenters. The quantitative estimate of drug-likeness (QED) is 0.647. The van der Waals surface area contributed by atoms with E-state index >= 15 is 0 Å². The molecule has 0 aliphatic carbocycles. The predicted molar refractivity (Wildman–Crippen MR) is 94.8 cm³/mol. The van der Waals surface area contributed by atoms with Gasteiger partial charge in [-0.2, -0.15) is 13.9 Å². The zero-order chi connectivity index (χ0) is 18.0. The van der Waals surface area contributed by atoms with Gasteiger partial charge in [-0.15, -0.1) is 0 Å². The summed E-state index contributed by atoms with van der Waals surface area (Å²) in [5, 5.41) is 13.0. The molecule has 0 saturated heterocycles. The maximum absolute atomic E-state index is 13.1. The van der Waals surface area contributed by atoms with E-state index in [1.165, 1.54) is 12.3 Å². The minimum Gasteiger partial charge on any atom is -0.326 e. The standard InChI is InChI=1S/C16H13ClF2N4OS/c17-12-4-2-1-3-9(12)5-15(24)22-10-6-13-11(14(7-10)25-20)8-21-23(13)16(18)19/h1-4,6-8,16H,5,20H2,(H,22,24). The number of nitrogens with one attached hydrogen (secondary N) is 1. The molecule has 9 heteroatoms. The fourth-order valence-corrected chi connectivity index (χ4v) is 3.14. The van der Waals surface area contributed by atoms with Crippen LogP contribution in [-0.4, -0.2) is 15.7 Å². The van der Waals surface area contributed by atoms with E-state index in [1.807, 2.05) is 0 Å². The zero-order valence-electron chi connectivity index (χ0n) is 12.7. The van der Waals surface area contributed by atoms with Crippen molar-refractivity contribution in [1.29, 1.82) is 0 Å². The van der Waals surface area contributed by atoms with Gasteiger partial charge in [0.25, 0.3) is 0 Å². The summed E-state index contributed by atoms with van der Waals surface area (Å²) in [7, 11) is 0. The molecule has 0 radical (unpaired) electrons. The molecular weight excluding hydrogens is 370 g/mol. The van der Waals surface area contributed by atoms with Crippen LogP contribution >= 0.6 is 23.5 Å². The summed E-state index contributed by atoms with van der Waals surface area (Å²) in [5.41, 5.74) is 1.23. The third kappa shape index (κ3) is 3.76. The van der Waals surface area contributed by atoms with Crippen molar-refractivity contribution in [3.8, 4) is 0 Å². The third-order valence-corrected chi connectivity index (χ3v) is 4.54. The van der Waals surface area contributed by atoms with Gasteiger partial charge in [0.1, 0.15) is 0 Å². The van der Waals surface area contributed by atoms with Crippen LogP contribution in [0.5, 0.6) is 0 Å². The number of carbonyl (C=O) groups excluding carboxylic acids is 1. The minimum atomic E-state index is -2.79. The van der Waals surface area contributed by atoms with E-state index in [-0.39, 0.29) is 17.8 Å². The van der Waals surface area contributed by atoms with Crippen molar-refractivity contribution < 1.29 is 13.6 Å². The van der Waals surface area contributed by atoms with Gasteiger partial charge in [0.05, 0.1) is 18.1 Å². The largest absolute Gasteiger partial charge is 0.333 e. The van der Waals surface area contributed by atoms with Crippen LogP contribution in [0.3, 0.4) is 0 Å². The number of nitrogens with zero attached hydrogens (tertiary/aromatic N) is 2. The van der Waals surface area contributed by atoms with E-state index in [4.69, 9.17) is 16.7 Å². The molecule has 0 saturated carbocycles. The first-order valence-electron chi connectivity index (χ1n) is 7.19. The summed E-state index contributed by atoms with van der Waals surface area (Å²) >= 11 is 6.94. The van der Waals surface area contributed by atoms with E-state index in [0.29, 0.717) is 31.2 Å². The van der Waals surface area contributed by atoms with Crippen molar-refractivity contribution in [3.05, 3.63) is 53.2 Å². The van der Waals surface area contributed by atoms with E-state index < -0.39 is 6.55 Å². The second-order valence-corrected chi connectivity index (χ2v) is 6.29. The first kappa shape index (κ1) is 17.7. The van der Waals surface area contributed by atoms with Crippen LogP contribution in [0.1, 0.15) is 12.1 Å². The molecule has 0 spiro atoms. The van der Waals surface area contributed by atoms with Crippen molar-refractivity contribution in [3.63, 3.8) is 0 Å². The summed E-state index contributed by atoms with van der Waals surface area (Å²) in [6.45, 7) is -2.79. The Balaban J connectivity index is 1.89. The molecule has 3 rings (SSSR count). The molecule has 0 bridgehead atoms. The Morgan fingerprint density at radius 2 is 2.12 bits per heavy atom. The van der Waals surface area contributed by atoms with Gasteiger partial charge in [0.15, 0.2) is 0 Å². The Morgan fingerprint density at radius 1 is 1.36 bits per heavy atom. The Bertz CT molecular complexity index is 932. The molecule has 1 amide bonds. The van der Waals surface area contributed by atoms with Crippen LogP contribution in [0, 0.1) is 0 Å². The van der Waals surface area contributed by atoms with Crippen LogP contribution in [0.2, 0.25) is 5.02 Å². The zero-order valence-corrected chi connectivity index (χ0v) is 14.3. The number of amides is 1. The predicted octanol–water partition coefficient (Wildman–Crippen LogP) is 4.23. The van der Waals surface area contributed by atoms with Gasteiger partial charge < -0.3 is 5.32 Å². The average Bonchev–Trinajstić information content (AvgIpc) is 3.00. The third-order valence-electron chi connectivity index (χ3n) is 3.58. The number of aromatic nitrogens is 2. The van der Waals surface area contributed by atoms with Crippen molar-refractivity contribution in [2.45, 2.75) is 17.9 Å². The highest BCUT2D eigenvalue weighted by Crippen LogP contribution is 2.31. The van der Waals surface area contributed by atoms with Crippen LogP contribution in [0.4, 0.5) is 14.5 Å². The van der Waals surface area contributed by atoms with Crippen molar-refractivity contribution in [2.75, 3.05) is 5.32 Å². The number of benzene rings is 2. The average molecular weight is 383 g/mol. The number of hydrogen-bond donors (Lipinski definition) is 2. The van der Waals surface area contributed by atoms with Gasteiger partial charge in [-0.3, -0.25) is 9.93 Å². The second kappa shape index (κ2) is 7.38. The first-order valence-corrected chi connectivity index (χ1v) is 8.44. The molecule has 3 aromatic rings. The molecule has 25 heavy (non-hydrogen) atoms. The fourth-order valence-electron chi connectivity index (χ4n) is 2.46. The maximum atomic E-state index is 13.1. The van der Waals surface area contributed by atoms with Gasteiger partial charge in [0.2, 0.25) is 5.91 Å². The summed E-state index contributed by atoms with van der Waals surface area (Å²) < 4.78 is 26.7. The van der Waals surface area contributed by atoms with Crippen LogP contribution in [0.15, 0.2) is 47.5 Å². The number of carbonyl (C=O) groups is 1. The molecule has 1 heterocycles. The van der Waals surface area contributed by atoms with E-state index in [9.17, 15) is 13.6 Å². The Morgan fingerprint density at radius 3 is 2.80 bits per heavy atom. The lowest BCUT2D eigenvalue weighted by Gasteiger charge is -2.10. The summed E-state index contributed by atoms with van der Waals surface area (Å²) in [6.07, 6.45) is 1.39. The van der Waals surface area contributed by atoms with Crippen LogP contribution in [-0.2, 0) is 11.2 Å². The van der Waals surface area contributed by atoms with Gasteiger partial charge in [-0.1, -0.05) is 29.8 Å². The van der Waals surface area contributed by atoms with Crippen LogP contribution in [0.25, 0.3) is 10.9 Å². The number of rotatable bonds is 5. The lowest BCUT2D eigenvalue weighted by Crippen LogP contribution is -2.15. The fraction of sp³-hybridized carbons (Fsp3) is 0.125. The van der Waals surface area contributed by atoms with Crippen molar-refractivity contribution in [1.82, 2.24) is 9.78 Å². The number of fused-ring (bicyclic) bond motifs is 1. The number of halogens is 3. The molecule has 0 aliphatic heterocycles. The molecule has 2 aromatic carbocycles. The number of hydrogen-bond acceptors (Lipinski definition) is 4. The normalized spacial score (nSPS) is 11.2. The SMILES string of the molecule is NSc1cc(NC(=O)Cc2ccccc2Cl)cc2c1cnn2C(F)F. The summed E-state index contributed by atoms with van der Waals surface area (Å²) in [4.78, 5) is 12.8. The summed E-state index contributed by atoms with van der Waals surface area (Å²) in [5.74, 6) is -0.316. The lowest BCUT2D eigenvalue weighted by molar-refractivity contribution is -0.115. The second-order valence-electron chi connectivity index (χ2n) is 5.21. The van der Waals surface area contributed by atoms with E-state index in [1.54, 1.807) is 30.3 Å². The first-order chi connectivity index (χ1) is 12.0. The molecule has 0 aliphatic rings. The van der Waals surface area contributed by atoms with Gasteiger partial charge in [-0.05, 0) is 35.7 Å². The number of nitrogens with two attached hydrogens (primary N) is 1. The monoisotopic (exact) mass is 382 g/mol. The molecule has 1 aromatic heterocycles. The number of alkyl halides is 2. The highest BCUT2D eigenvalue weighted by molar-refractivity contribution is 7.97. The van der Waals surface area contributed by atoms with Crippen molar-refractivity contribution >= 4 is 46.0 Å². The van der Waals surface area contributed by atoms with E-state index in [2.05, 4.69) is 10.4 Å². The summed E-state index contributed by atoms with van der Waals surface area (Å²) in [6, 6.07) is 10.1. The van der Waals surface area contributed by atoms with Gasteiger partial charge in [0, 0.05) is 21.0 Å². The van der Waals surface area contributed by atoms with Crippen molar-refractivity contribution in [2.24, 2.45) is 5.14 Å². The molecule has 0 fully saturated rings. The Kier molecular flexibility index (Phi) is 5.22.